The first-order valence-corrected chi connectivity index (χ1v) is 12.3. The van der Waals surface area contributed by atoms with Gasteiger partial charge in [-0.1, -0.05) is 31.2 Å². The Balaban J connectivity index is 0.00000289. The Hall–Kier alpha value is -3.15. The number of halogens is 1. The zero-order chi connectivity index (χ0) is 23.2. The van der Waals surface area contributed by atoms with Crippen molar-refractivity contribution in [1.82, 2.24) is 14.9 Å². The minimum Gasteiger partial charge on any atom is -0.494 e. The molecule has 4 aromatic rings. The van der Waals surface area contributed by atoms with Crippen LogP contribution in [0.1, 0.15) is 18.9 Å². The maximum atomic E-state index is 5.98. The van der Waals surface area contributed by atoms with Crippen molar-refractivity contribution >= 4 is 29.0 Å². The zero-order valence-corrected chi connectivity index (χ0v) is 21.1. The number of benzene rings is 2. The van der Waals surface area contributed by atoms with E-state index in [1.807, 2.05) is 12.4 Å². The summed E-state index contributed by atoms with van der Waals surface area (Å²) >= 11 is 0. The molecule has 0 N–H and O–H groups in total. The Morgan fingerprint density at radius 3 is 2.37 bits per heavy atom. The number of rotatable bonds is 8. The smallest absolute Gasteiger partial charge is 0.137 e. The molecule has 35 heavy (non-hydrogen) atoms. The number of fused-ring (bicyclic) bond motifs is 1. The van der Waals surface area contributed by atoms with Crippen LogP contribution in [0.5, 0.6) is 5.75 Å². The van der Waals surface area contributed by atoms with E-state index in [9.17, 15) is 0 Å². The number of anilines is 1. The molecule has 6 heteroatoms. The Morgan fingerprint density at radius 1 is 0.886 bits per heavy atom. The number of hydrogen-bond acceptors (Lipinski definition) is 5. The van der Waals surface area contributed by atoms with Crippen molar-refractivity contribution in [2.24, 2.45) is 0 Å². The number of likely N-dealkylation sites (N-methyl/N-ethyl adjacent to an activating group) is 1. The van der Waals surface area contributed by atoms with Crippen molar-refractivity contribution in [2.75, 3.05) is 44.2 Å². The highest BCUT2D eigenvalue weighted by molar-refractivity contribution is 5.95. The van der Waals surface area contributed by atoms with Crippen LogP contribution in [-0.4, -0.2) is 54.2 Å². The highest BCUT2D eigenvalue weighted by Gasteiger charge is 2.19. The van der Waals surface area contributed by atoms with E-state index in [1.54, 1.807) is 0 Å². The molecule has 1 aliphatic rings. The van der Waals surface area contributed by atoms with Crippen LogP contribution in [0.2, 0.25) is 0 Å². The average molecular weight is 489 g/mol. The lowest BCUT2D eigenvalue weighted by Crippen LogP contribution is -2.46. The molecule has 2 aromatic carbocycles. The minimum atomic E-state index is 0. The predicted octanol–water partition coefficient (Wildman–Crippen LogP) is 5.87. The lowest BCUT2D eigenvalue weighted by molar-refractivity contribution is 0.271. The van der Waals surface area contributed by atoms with Gasteiger partial charge in [0.1, 0.15) is 11.6 Å². The van der Waals surface area contributed by atoms with E-state index < -0.39 is 0 Å². The van der Waals surface area contributed by atoms with Gasteiger partial charge in [0.2, 0.25) is 0 Å². The molecular formula is C29H33ClN4O. The van der Waals surface area contributed by atoms with Crippen molar-refractivity contribution in [3.05, 3.63) is 84.7 Å². The number of hydrogen-bond donors (Lipinski definition) is 0. The zero-order valence-electron chi connectivity index (χ0n) is 20.3. The predicted molar refractivity (Wildman–Crippen MR) is 147 cm³/mol. The molecule has 3 heterocycles. The van der Waals surface area contributed by atoms with Crippen LogP contribution in [0.3, 0.4) is 0 Å². The first-order valence-electron chi connectivity index (χ1n) is 12.3. The number of ether oxygens (including phenoxy) is 1. The molecule has 182 valence electrons. The van der Waals surface area contributed by atoms with E-state index in [2.05, 4.69) is 88.4 Å². The van der Waals surface area contributed by atoms with E-state index >= 15 is 0 Å². The molecule has 0 unspecified atom stereocenters. The molecule has 2 aromatic heterocycles. The number of aryl methyl sites for hydroxylation is 1. The van der Waals surface area contributed by atoms with E-state index in [1.165, 1.54) is 16.3 Å². The third-order valence-corrected chi connectivity index (χ3v) is 6.62. The Morgan fingerprint density at radius 2 is 1.63 bits per heavy atom. The van der Waals surface area contributed by atoms with Crippen molar-refractivity contribution in [1.29, 1.82) is 0 Å². The monoisotopic (exact) mass is 488 g/mol. The van der Waals surface area contributed by atoms with E-state index in [4.69, 9.17) is 9.72 Å². The summed E-state index contributed by atoms with van der Waals surface area (Å²) < 4.78 is 5.98. The molecule has 0 spiro atoms. The topological polar surface area (TPSA) is 41.5 Å². The second-order valence-corrected chi connectivity index (χ2v) is 8.81. The molecule has 0 amide bonds. The number of pyridine rings is 2. The molecular weight excluding hydrogens is 456 g/mol. The average Bonchev–Trinajstić information content (AvgIpc) is 2.91. The summed E-state index contributed by atoms with van der Waals surface area (Å²) in [7, 11) is 0. The van der Waals surface area contributed by atoms with Gasteiger partial charge in [0.25, 0.3) is 0 Å². The van der Waals surface area contributed by atoms with Gasteiger partial charge < -0.3 is 14.5 Å². The fourth-order valence-corrected chi connectivity index (χ4v) is 4.58. The summed E-state index contributed by atoms with van der Waals surface area (Å²) in [6.45, 7) is 8.25. The van der Waals surface area contributed by atoms with E-state index in [-0.39, 0.29) is 12.4 Å². The van der Waals surface area contributed by atoms with Gasteiger partial charge in [-0.3, -0.25) is 4.98 Å². The fraction of sp³-hybridized carbons (Fsp3) is 0.310. The molecule has 5 rings (SSSR count). The van der Waals surface area contributed by atoms with Crippen molar-refractivity contribution in [2.45, 2.75) is 19.8 Å². The van der Waals surface area contributed by atoms with Crippen LogP contribution in [0.15, 0.2) is 79.1 Å². The Kier molecular flexibility index (Phi) is 8.56. The van der Waals surface area contributed by atoms with Crippen molar-refractivity contribution in [3.63, 3.8) is 0 Å². The van der Waals surface area contributed by atoms with E-state index in [0.717, 1.165) is 68.4 Å². The molecule has 1 fully saturated rings. The maximum Gasteiger partial charge on any atom is 0.137 e. The van der Waals surface area contributed by atoms with Crippen LogP contribution < -0.4 is 9.64 Å². The summed E-state index contributed by atoms with van der Waals surface area (Å²) in [5.41, 5.74) is 3.42. The van der Waals surface area contributed by atoms with Gasteiger partial charge in [0.05, 0.1) is 12.3 Å². The summed E-state index contributed by atoms with van der Waals surface area (Å²) in [6.07, 6.45) is 5.65. The first-order chi connectivity index (χ1) is 16.8. The molecule has 0 bridgehead atoms. The second kappa shape index (κ2) is 12.0. The minimum absolute atomic E-state index is 0. The third kappa shape index (κ3) is 6.11. The SMILES string of the molecule is CCN1CCN(c2nc(-c3ccc(OCCCc4ccncc4)cc3)cc3ccccc23)CC1.Cl. The molecule has 0 atom stereocenters. The standard InChI is InChI=1S/C29H32N4O.ClH/c1-2-32-17-19-33(20-18-32)29-27-8-4-3-7-25(27)22-28(31-29)24-9-11-26(12-10-24)34-21-5-6-23-13-15-30-16-14-23;/h3-4,7-16,22H,2,5-6,17-21H2,1H3;1H. The number of aromatic nitrogens is 2. The fourth-order valence-electron chi connectivity index (χ4n) is 4.58. The summed E-state index contributed by atoms with van der Waals surface area (Å²) in [5.74, 6) is 2.00. The maximum absolute atomic E-state index is 5.98. The highest BCUT2D eigenvalue weighted by atomic mass is 35.5. The number of piperazine rings is 1. The van der Waals surface area contributed by atoms with Crippen LogP contribution in [-0.2, 0) is 6.42 Å². The second-order valence-electron chi connectivity index (χ2n) is 8.81. The van der Waals surface area contributed by atoms with Gasteiger partial charge in [-0.25, -0.2) is 4.98 Å². The van der Waals surface area contributed by atoms with Gasteiger partial charge in [-0.15, -0.1) is 12.4 Å². The van der Waals surface area contributed by atoms with Gasteiger partial charge >= 0.3 is 0 Å². The van der Waals surface area contributed by atoms with E-state index in [0.29, 0.717) is 6.61 Å². The Labute approximate surface area is 214 Å². The van der Waals surface area contributed by atoms with Crippen molar-refractivity contribution < 1.29 is 4.74 Å². The summed E-state index contributed by atoms with van der Waals surface area (Å²) in [6, 6.07) is 23.3. The lowest BCUT2D eigenvalue weighted by atomic mass is 10.1. The normalized spacial score (nSPS) is 14.0. The Bertz CT molecular complexity index is 1210. The summed E-state index contributed by atoms with van der Waals surface area (Å²) in [5, 5.41) is 2.46. The third-order valence-electron chi connectivity index (χ3n) is 6.62. The van der Waals surface area contributed by atoms with Gasteiger partial charge in [-0.05, 0) is 72.8 Å². The van der Waals surface area contributed by atoms with Gasteiger partial charge in [-0.2, -0.15) is 0 Å². The highest BCUT2D eigenvalue weighted by Crippen LogP contribution is 2.31. The van der Waals surface area contributed by atoms with Crippen molar-refractivity contribution in [3.8, 4) is 17.0 Å². The molecule has 0 aliphatic carbocycles. The first kappa shape index (κ1) is 25.0. The van der Waals surface area contributed by atoms with Gasteiger partial charge in [0, 0.05) is 49.5 Å². The largest absolute Gasteiger partial charge is 0.494 e. The van der Waals surface area contributed by atoms with Crippen LogP contribution in [0.4, 0.5) is 5.82 Å². The van der Waals surface area contributed by atoms with Gasteiger partial charge in [0.15, 0.2) is 0 Å². The quantitative estimate of drug-likeness (QED) is 0.290. The molecule has 1 saturated heterocycles. The van der Waals surface area contributed by atoms with Crippen LogP contribution in [0.25, 0.3) is 22.0 Å². The molecule has 0 radical (unpaired) electrons. The number of nitrogens with zero attached hydrogens (tertiary/aromatic N) is 4. The molecule has 0 saturated carbocycles. The molecule has 1 aliphatic heterocycles. The van der Waals surface area contributed by atoms with Crippen LogP contribution in [0, 0.1) is 0 Å². The summed E-state index contributed by atoms with van der Waals surface area (Å²) in [4.78, 5) is 14.2. The molecule has 5 nitrogen and oxygen atoms in total. The lowest BCUT2D eigenvalue weighted by Gasteiger charge is -2.35. The van der Waals surface area contributed by atoms with Crippen LogP contribution >= 0.6 is 12.4 Å².